The lowest BCUT2D eigenvalue weighted by Crippen LogP contribution is -2.32. The molecule has 3 nitrogen and oxygen atoms in total. The molecule has 1 saturated carbocycles. The Morgan fingerprint density at radius 1 is 1.39 bits per heavy atom. The van der Waals surface area contributed by atoms with Gasteiger partial charge in [-0.1, -0.05) is 6.07 Å². The minimum absolute atomic E-state index is 0.244. The Hall–Kier alpha value is -1.09. The number of alkyl halides is 1. The number of aromatic nitrogens is 1. The number of unbranched alkanes of at least 4 members (excludes halogenated alkanes) is 1. The molecule has 0 saturated heterocycles. The van der Waals surface area contributed by atoms with Crippen molar-refractivity contribution >= 4 is 17.5 Å². The Kier molecular flexibility index (Phi) is 5.00. The maximum absolute atomic E-state index is 12.2. The highest BCUT2D eigenvalue weighted by molar-refractivity contribution is 6.17. The molecule has 18 heavy (non-hydrogen) atoms. The van der Waals surface area contributed by atoms with Crippen molar-refractivity contribution in [2.75, 3.05) is 5.88 Å². The molecule has 1 aromatic rings. The van der Waals surface area contributed by atoms with E-state index in [9.17, 15) is 4.79 Å². The fourth-order valence-electron chi connectivity index (χ4n) is 1.99. The predicted octanol–water partition coefficient (Wildman–Crippen LogP) is 2.98. The van der Waals surface area contributed by atoms with Crippen LogP contribution in [0.2, 0.25) is 0 Å². The summed E-state index contributed by atoms with van der Waals surface area (Å²) >= 11 is 5.63. The molecule has 1 aliphatic carbocycles. The van der Waals surface area contributed by atoms with Crippen molar-refractivity contribution in [2.24, 2.45) is 0 Å². The van der Waals surface area contributed by atoms with Gasteiger partial charge in [-0.2, -0.15) is 0 Å². The molecule has 0 radical (unpaired) electrons. The number of nitrogens with zero attached hydrogens (tertiary/aromatic N) is 2. The molecule has 0 spiro atoms. The minimum Gasteiger partial charge on any atom is -0.334 e. The third kappa shape index (κ3) is 3.98. The SMILES string of the molecule is O=C(CCCCCl)N(Cc1ccccn1)C1CC1. The van der Waals surface area contributed by atoms with Gasteiger partial charge in [0.25, 0.3) is 0 Å². The van der Waals surface area contributed by atoms with E-state index in [1.807, 2.05) is 23.1 Å². The van der Waals surface area contributed by atoms with E-state index in [4.69, 9.17) is 11.6 Å². The van der Waals surface area contributed by atoms with Gasteiger partial charge < -0.3 is 4.90 Å². The molecular formula is C14H19ClN2O. The maximum atomic E-state index is 12.2. The second kappa shape index (κ2) is 6.74. The summed E-state index contributed by atoms with van der Waals surface area (Å²) in [4.78, 5) is 18.4. The zero-order chi connectivity index (χ0) is 12.8. The monoisotopic (exact) mass is 266 g/mol. The largest absolute Gasteiger partial charge is 0.334 e. The topological polar surface area (TPSA) is 33.2 Å². The summed E-state index contributed by atoms with van der Waals surface area (Å²) in [6, 6.07) is 6.27. The number of amides is 1. The second-order valence-electron chi connectivity index (χ2n) is 4.72. The van der Waals surface area contributed by atoms with Gasteiger partial charge in [0, 0.05) is 24.5 Å². The molecule has 98 valence electrons. The molecular weight excluding hydrogens is 248 g/mol. The van der Waals surface area contributed by atoms with E-state index in [0.29, 0.717) is 24.9 Å². The number of rotatable bonds is 7. The summed E-state index contributed by atoms with van der Waals surface area (Å²) in [6.07, 6.45) is 6.44. The Balaban J connectivity index is 1.89. The van der Waals surface area contributed by atoms with E-state index in [2.05, 4.69) is 4.98 Å². The van der Waals surface area contributed by atoms with Crippen molar-refractivity contribution in [1.82, 2.24) is 9.88 Å². The first kappa shape index (κ1) is 13.3. The molecule has 1 aliphatic rings. The van der Waals surface area contributed by atoms with Gasteiger partial charge in [-0.15, -0.1) is 11.6 Å². The highest BCUT2D eigenvalue weighted by Gasteiger charge is 2.32. The third-order valence-electron chi connectivity index (χ3n) is 3.14. The number of pyridine rings is 1. The zero-order valence-corrected chi connectivity index (χ0v) is 11.3. The number of carbonyl (C=O) groups excluding carboxylic acids is 1. The van der Waals surface area contributed by atoms with Crippen LogP contribution >= 0.6 is 11.6 Å². The van der Waals surface area contributed by atoms with Crippen molar-refractivity contribution < 1.29 is 4.79 Å². The molecule has 0 N–H and O–H groups in total. The number of hydrogen-bond donors (Lipinski definition) is 0. The number of halogens is 1. The fourth-order valence-corrected chi connectivity index (χ4v) is 2.18. The summed E-state index contributed by atoms with van der Waals surface area (Å²) in [5.74, 6) is 0.880. The number of carbonyl (C=O) groups is 1. The first-order chi connectivity index (χ1) is 8.81. The van der Waals surface area contributed by atoms with E-state index in [0.717, 1.165) is 31.4 Å². The molecule has 4 heteroatoms. The van der Waals surface area contributed by atoms with Crippen LogP contribution in [0, 0.1) is 0 Å². The average Bonchev–Trinajstić information content (AvgIpc) is 3.21. The molecule has 1 amide bonds. The van der Waals surface area contributed by atoms with Crippen molar-refractivity contribution in [3.63, 3.8) is 0 Å². The van der Waals surface area contributed by atoms with Gasteiger partial charge in [0.15, 0.2) is 0 Å². The van der Waals surface area contributed by atoms with Crippen LogP contribution in [0.15, 0.2) is 24.4 Å². The van der Waals surface area contributed by atoms with Gasteiger partial charge >= 0.3 is 0 Å². The molecule has 0 atom stereocenters. The predicted molar refractivity (Wildman–Crippen MR) is 72.4 cm³/mol. The van der Waals surface area contributed by atoms with E-state index in [-0.39, 0.29) is 5.91 Å². The maximum Gasteiger partial charge on any atom is 0.223 e. The van der Waals surface area contributed by atoms with Crippen LogP contribution in [-0.2, 0) is 11.3 Å². The Bertz CT molecular complexity index is 379. The van der Waals surface area contributed by atoms with Crippen LogP contribution in [-0.4, -0.2) is 27.7 Å². The first-order valence-electron chi connectivity index (χ1n) is 6.56. The molecule has 2 rings (SSSR count). The van der Waals surface area contributed by atoms with E-state index < -0.39 is 0 Å². The molecule has 0 aliphatic heterocycles. The molecule has 1 aromatic heterocycles. The molecule has 0 bridgehead atoms. The molecule has 1 heterocycles. The zero-order valence-electron chi connectivity index (χ0n) is 10.5. The van der Waals surface area contributed by atoms with Gasteiger partial charge in [-0.25, -0.2) is 0 Å². The van der Waals surface area contributed by atoms with E-state index in [1.165, 1.54) is 0 Å². The van der Waals surface area contributed by atoms with E-state index in [1.54, 1.807) is 6.20 Å². The van der Waals surface area contributed by atoms with Gasteiger partial charge in [-0.3, -0.25) is 9.78 Å². The standard InChI is InChI=1S/C14H19ClN2O/c15-9-3-1-6-14(18)17(13-7-8-13)11-12-5-2-4-10-16-12/h2,4-5,10,13H,1,3,6-9,11H2. The van der Waals surface area contributed by atoms with Crippen molar-refractivity contribution in [3.8, 4) is 0 Å². The summed E-state index contributed by atoms with van der Waals surface area (Å²) in [5.41, 5.74) is 0.968. The minimum atomic E-state index is 0.244. The third-order valence-corrected chi connectivity index (χ3v) is 3.41. The highest BCUT2D eigenvalue weighted by Crippen LogP contribution is 2.28. The van der Waals surface area contributed by atoms with Crippen molar-refractivity contribution in [3.05, 3.63) is 30.1 Å². The summed E-state index contributed by atoms with van der Waals surface area (Å²) in [5, 5.41) is 0. The Morgan fingerprint density at radius 2 is 2.22 bits per heavy atom. The first-order valence-corrected chi connectivity index (χ1v) is 7.10. The fraction of sp³-hybridized carbons (Fsp3) is 0.571. The van der Waals surface area contributed by atoms with Crippen LogP contribution < -0.4 is 0 Å². The molecule has 0 aromatic carbocycles. The van der Waals surface area contributed by atoms with Gasteiger partial charge in [-0.05, 0) is 37.8 Å². The number of hydrogen-bond acceptors (Lipinski definition) is 2. The summed E-state index contributed by atoms with van der Waals surface area (Å²) in [7, 11) is 0. The van der Waals surface area contributed by atoms with Crippen molar-refractivity contribution in [2.45, 2.75) is 44.7 Å². The van der Waals surface area contributed by atoms with Gasteiger partial charge in [0.1, 0.15) is 0 Å². The van der Waals surface area contributed by atoms with Crippen LogP contribution in [0.25, 0.3) is 0 Å². The van der Waals surface area contributed by atoms with Gasteiger partial charge in [0.05, 0.1) is 12.2 Å². The van der Waals surface area contributed by atoms with Crippen LogP contribution in [0.1, 0.15) is 37.8 Å². The Morgan fingerprint density at radius 3 is 2.83 bits per heavy atom. The van der Waals surface area contributed by atoms with Crippen LogP contribution in [0.3, 0.4) is 0 Å². The van der Waals surface area contributed by atoms with Crippen molar-refractivity contribution in [1.29, 1.82) is 0 Å². The molecule has 1 fully saturated rings. The van der Waals surface area contributed by atoms with Crippen LogP contribution in [0.4, 0.5) is 0 Å². The quantitative estimate of drug-likeness (QED) is 0.562. The lowest BCUT2D eigenvalue weighted by atomic mass is 10.2. The summed E-state index contributed by atoms with van der Waals surface area (Å²) < 4.78 is 0. The van der Waals surface area contributed by atoms with Crippen LogP contribution in [0.5, 0.6) is 0 Å². The van der Waals surface area contributed by atoms with Gasteiger partial charge in [0.2, 0.25) is 5.91 Å². The average molecular weight is 267 g/mol. The second-order valence-corrected chi connectivity index (χ2v) is 5.10. The Labute approximate surface area is 113 Å². The molecule has 0 unspecified atom stereocenters. The smallest absolute Gasteiger partial charge is 0.223 e. The lowest BCUT2D eigenvalue weighted by molar-refractivity contribution is -0.132. The lowest BCUT2D eigenvalue weighted by Gasteiger charge is -2.22. The summed E-state index contributed by atoms with van der Waals surface area (Å²) in [6.45, 7) is 0.644. The van der Waals surface area contributed by atoms with E-state index >= 15 is 0 Å². The normalized spacial score (nSPS) is 14.5. The highest BCUT2D eigenvalue weighted by atomic mass is 35.5.